The van der Waals surface area contributed by atoms with E-state index < -0.39 is 12.0 Å². The molecule has 19 heavy (non-hydrogen) atoms. The maximum Gasteiger partial charge on any atom is 0.250 e. The predicted octanol–water partition coefficient (Wildman–Crippen LogP) is 0.290. The van der Waals surface area contributed by atoms with Crippen molar-refractivity contribution in [3.8, 4) is 5.75 Å². The van der Waals surface area contributed by atoms with Crippen molar-refractivity contribution in [3.63, 3.8) is 0 Å². The average Bonchev–Trinajstić information content (AvgIpc) is 2.37. The first-order valence-electron chi connectivity index (χ1n) is 6.29. The second-order valence-corrected chi connectivity index (χ2v) is 4.57. The molecule has 0 saturated carbocycles. The molecule has 1 aromatic carbocycles. The van der Waals surface area contributed by atoms with Gasteiger partial charge in [-0.1, -0.05) is 17.7 Å². The van der Waals surface area contributed by atoms with Crippen LogP contribution in [0.5, 0.6) is 5.75 Å². The van der Waals surface area contributed by atoms with Crippen LogP contribution in [0.4, 0.5) is 0 Å². The number of rotatable bonds is 6. The topological polar surface area (TPSA) is 84.6 Å². The van der Waals surface area contributed by atoms with Gasteiger partial charge in [0, 0.05) is 13.1 Å². The molecule has 1 amide bonds. The van der Waals surface area contributed by atoms with E-state index in [1.807, 2.05) is 19.9 Å². The van der Waals surface area contributed by atoms with Crippen LogP contribution in [-0.2, 0) is 11.2 Å². The highest BCUT2D eigenvalue weighted by atomic mass is 16.5. The van der Waals surface area contributed by atoms with Crippen molar-refractivity contribution in [3.05, 3.63) is 28.8 Å². The van der Waals surface area contributed by atoms with Crippen LogP contribution in [-0.4, -0.2) is 37.3 Å². The number of carbonyl (C=O) groups excluding carboxylic acids is 1. The minimum absolute atomic E-state index is 0.0707. The first kappa shape index (κ1) is 15.5. The zero-order valence-corrected chi connectivity index (χ0v) is 11.7. The molecule has 106 valence electrons. The fourth-order valence-electron chi connectivity index (χ4n) is 2.07. The number of amides is 1. The predicted molar refractivity (Wildman–Crippen MR) is 74.2 cm³/mol. The van der Waals surface area contributed by atoms with Gasteiger partial charge in [0.05, 0.1) is 7.11 Å². The van der Waals surface area contributed by atoms with Crippen molar-refractivity contribution in [1.29, 1.82) is 0 Å². The van der Waals surface area contributed by atoms with Crippen molar-refractivity contribution >= 4 is 5.91 Å². The standard InChI is InChI=1S/C14H22N2O3/c1-9-6-10(2)13(19-3)11(7-9)4-5-16-14(18)12(17)8-15/h6-7,12,17H,4-5,8,15H2,1-3H3,(H,16,18). The Kier molecular flexibility index (Phi) is 5.79. The molecule has 0 radical (unpaired) electrons. The monoisotopic (exact) mass is 266 g/mol. The number of hydrogen-bond donors (Lipinski definition) is 3. The number of ether oxygens (including phenoxy) is 1. The Morgan fingerprint density at radius 3 is 2.74 bits per heavy atom. The van der Waals surface area contributed by atoms with Gasteiger partial charge in [0.25, 0.3) is 0 Å². The smallest absolute Gasteiger partial charge is 0.250 e. The summed E-state index contributed by atoms with van der Waals surface area (Å²) >= 11 is 0. The van der Waals surface area contributed by atoms with Crippen LogP contribution >= 0.6 is 0 Å². The number of aryl methyl sites for hydroxylation is 2. The highest BCUT2D eigenvalue weighted by Gasteiger charge is 2.12. The average molecular weight is 266 g/mol. The third kappa shape index (κ3) is 4.22. The molecule has 4 N–H and O–H groups in total. The van der Waals surface area contributed by atoms with Gasteiger partial charge >= 0.3 is 0 Å². The summed E-state index contributed by atoms with van der Waals surface area (Å²) in [6.45, 7) is 4.38. The fraction of sp³-hybridized carbons (Fsp3) is 0.500. The summed E-state index contributed by atoms with van der Waals surface area (Å²) in [5, 5.41) is 11.9. The van der Waals surface area contributed by atoms with Gasteiger partial charge in [-0.3, -0.25) is 4.79 Å². The largest absolute Gasteiger partial charge is 0.496 e. The molecule has 0 bridgehead atoms. The Balaban J connectivity index is 2.65. The first-order valence-corrected chi connectivity index (χ1v) is 6.29. The molecule has 0 spiro atoms. The number of nitrogens with one attached hydrogen (secondary N) is 1. The van der Waals surface area contributed by atoms with Crippen LogP contribution in [0.2, 0.25) is 0 Å². The molecule has 1 aromatic rings. The van der Waals surface area contributed by atoms with Crippen LogP contribution in [0, 0.1) is 13.8 Å². The van der Waals surface area contributed by atoms with Gasteiger partial charge in [0.2, 0.25) is 5.91 Å². The lowest BCUT2D eigenvalue weighted by atomic mass is 10.0. The number of benzene rings is 1. The SMILES string of the molecule is COc1c(C)cc(C)cc1CCNC(=O)C(O)CN. The van der Waals surface area contributed by atoms with Crippen molar-refractivity contribution in [2.24, 2.45) is 5.73 Å². The molecule has 5 heteroatoms. The quantitative estimate of drug-likeness (QED) is 0.691. The lowest BCUT2D eigenvalue weighted by Crippen LogP contribution is -2.40. The molecular weight excluding hydrogens is 244 g/mol. The summed E-state index contributed by atoms with van der Waals surface area (Å²) in [5.41, 5.74) is 8.48. The first-order chi connectivity index (χ1) is 8.99. The van der Waals surface area contributed by atoms with E-state index in [4.69, 9.17) is 10.5 Å². The molecule has 1 rings (SSSR count). The molecular formula is C14H22N2O3. The minimum Gasteiger partial charge on any atom is -0.496 e. The lowest BCUT2D eigenvalue weighted by Gasteiger charge is -2.14. The Bertz CT molecular complexity index is 447. The van der Waals surface area contributed by atoms with Gasteiger partial charge in [-0.25, -0.2) is 0 Å². The molecule has 1 unspecified atom stereocenters. The Hall–Kier alpha value is -1.59. The van der Waals surface area contributed by atoms with Gasteiger partial charge in [-0.2, -0.15) is 0 Å². The van der Waals surface area contributed by atoms with Crippen LogP contribution in [0.25, 0.3) is 0 Å². The number of carbonyl (C=O) groups is 1. The second kappa shape index (κ2) is 7.11. The maximum atomic E-state index is 11.4. The molecule has 0 saturated heterocycles. The van der Waals surface area contributed by atoms with E-state index in [-0.39, 0.29) is 6.54 Å². The highest BCUT2D eigenvalue weighted by molar-refractivity contribution is 5.80. The normalized spacial score (nSPS) is 12.1. The van der Waals surface area contributed by atoms with Crippen LogP contribution < -0.4 is 15.8 Å². The number of nitrogens with two attached hydrogens (primary N) is 1. The van der Waals surface area contributed by atoms with E-state index in [0.29, 0.717) is 13.0 Å². The van der Waals surface area contributed by atoms with Gasteiger partial charge < -0.3 is 20.9 Å². The molecule has 1 atom stereocenters. The van der Waals surface area contributed by atoms with Gasteiger partial charge in [-0.15, -0.1) is 0 Å². The van der Waals surface area contributed by atoms with E-state index in [0.717, 1.165) is 22.4 Å². The molecule has 5 nitrogen and oxygen atoms in total. The van der Waals surface area contributed by atoms with E-state index in [2.05, 4.69) is 11.4 Å². The Morgan fingerprint density at radius 1 is 1.47 bits per heavy atom. The van der Waals surface area contributed by atoms with E-state index in [1.165, 1.54) is 0 Å². The number of aliphatic hydroxyl groups is 1. The fourth-order valence-corrected chi connectivity index (χ4v) is 2.07. The van der Waals surface area contributed by atoms with Crippen molar-refractivity contribution < 1.29 is 14.6 Å². The zero-order chi connectivity index (χ0) is 14.4. The highest BCUT2D eigenvalue weighted by Crippen LogP contribution is 2.25. The zero-order valence-electron chi connectivity index (χ0n) is 11.7. The van der Waals surface area contributed by atoms with Gasteiger partial charge in [0.1, 0.15) is 11.9 Å². The molecule has 0 fully saturated rings. The van der Waals surface area contributed by atoms with E-state index in [9.17, 15) is 9.90 Å². The number of hydrogen-bond acceptors (Lipinski definition) is 4. The summed E-state index contributed by atoms with van der Waals surface area (Å²) in [6, 6.07) is 4.09. The summed E-state index contributed by atoms with van der Waals surface area (Å²) in [6.07, 6.45) is -0.490. The summed E-state index contributed by atoms with van der Waals surface area (Å²) in [5.74, 6) is 0.407. The molecule has 0 heterocycles. The van der Waals surface area contributed by atoms with Crippen molar-refractivity contribution in [2.75, 3.05) is 20.2 Å². The summed E-state index contributed by atoms with van der Waals surface area (Å²) in [4.78, 5) is 11.4. The van der Waals surface area contributed by atoms with Crippen molar-refractivity contribution in [2.45, 2.75) is 26.4 Å². The lowest BCUT2D eigenvalue weighted by molar-refractivity contribution is -0.128. The van der Waals surface area contributed by atoms with Gasteiger partial charge in [-0.05, 0) is 31.4 Å². The van der Waals surface area contributed by atoms with Crippen molar-refractivity contribution in [1.82, 2.24) is 5.32 Å². The third-order valence-electron chi connectivity index (χ3n) is 2.92. The maximum absolute atomic E-state index is 11.4. The Labute approximate surface area is 113 Å². The molecule has 0 aliphatic carbocycles. The number of methoxy groups -OCH3 is 1. The van der Waals surface area contributed by atoms with E-state index in [1.54, 1.807) is 7.11 Å². The Morgan fingerprint density at radius 2 is 2.16 bits per heavy atom. The third-order valence-corrected chi connectivity index (χ3v) is 2.92. The van der Waals surface area contributed by atoms with Crippen LogP contribution in [0.3, 0.4) is 0 Å². The number of aliphatic hydroxyl groups excluding tert-OH is 1. The molecule has 0 aliphatic heterocycles. The van der Waals surface area contributed by atoms with Crippen LogP contribution in [0.1, 0.15) is 16.7 Å². The van der Waals surface area contributed by atoms with Crippen LogP contribution in [0.15, 0.2) is 12.1 Å². The minimum atomic E-state index is -1.14. The molecule has 0 aromatic heterocycles. The molecule has 0 aliphatic rings. The second-order valence-electron chi connectivity index (χ2n) is 4.57. The summed E-state index contributed by atoms with van der Waals surface area (Å²) in [7, 11) is 1.64. The van der Waals surface area contributed by atoms with Gasteiger partial charge in [0.15, 0.2) is 0 Å². The van der Waals surface area contributed by atoms with E-state index >= 15 is 0 Å². The summed E-state index contributed by atoms with van der Waals surface area (Å²) < 4.78 is 5.38.